The lowest BCUT2D eigenvalue weighted by molar-refractivity contribution is -0.134. The van der Waals surface area contributed by atoms with Gasteiger partial charge in [-0.2, -0.15) is 0 Å². The normalized spacial score (nSPS) is 10.7. The average molecular weight is 612 g/mol. The molecule has 11 heteroatoms. The standard InChI is InChI=1S/C32H33N5O4.C2H4O2/c1-40-27-18-25(26(19-28(27)41-2)37-29(38)17-21-9-5-3-6-10-21)30(32(39)35-20-22-11-7-4-8-12-22)36-24-15-13-23(14-16-24)31(33)34;1-2(3)4/h3-16,18-19,30,36H,17,20H2,1-2H3,(H3,33,34)(H,35,39)(H,37,38);1H3,(H,3,4). The number of carboxylic acids is 1. The highest BCUT2D eigenvalue weighted by atomic mass is 16.5. The summed E-state index contributed by atoms with van der Waals surface area (Å²) in [5, 5.41) is 24.3. The monoisotopic (exact) mass is 611 g/mol. The molecule has 11 nitrogen and oxygen atoms in total. The number of nitrogens with one attached hydrogen (secondary N) is 4. The van der Waals surface area contributed by atoms with Crippen LogP contribution >= 0.6 is 0 Å². The molecule has 0 fully saturated rings. The highest BCUT2D eigenvalue weighted by Crippen LogP contribution is 2.37. The quantitative estimate of drug-likeness (QED) is 0.0984. The maximum Gasteiger partial charge on any atom is 0.300 e. The van der Waals surface area contributed by atoms with Crippen molar-refractivity contribution in [1.82, 2.24) is 5.32 Å². The molecule has 7 N–H and O–H groups in total. The number of anilines is 2. The molecule has 0 heterocycles. The van der Waals surface area contributed by atoms with Gasteiger partial charge in [0.25, 0.3) is 5.97 Å². The molecule has 0 saturated carbocycles. The molecule has 0 aliphatic rings. The Bertz CT molecular complexity index is 1590. The molecule has 0 aliphatic carbocycles. The second-order valence-corrected chi connectivity index (χ2v) is 9.80. The molecule has 4 rings (SSSR count). The van der Waals surface area contributed by atoms with E-state index in [1.807, 2.05) is 60.7 Å². The van der Waals surface area contributed by atoms with Crippen molar-refractivity contribution in [2.75, 3.05) is 24.9 Å². The number of amides is 2. The number of benzene rings is 4. The predicted molar refractivity (Wildman–Crippen MR) is 174 cm³/mol. The van der Waals surface area contributed by atoms with Crippen LogP contribution in [0.5, 0.6) is 11.5 Å². The largest absolute Gasteiger partial charge is 0.493 e. The highest BCUT2D eigenvalue weighted by molar-refractivity contribution is 5.97. The van der Waals surface area contributed by atoms with Gasteiger partial charge in [0, 0.05) is 36.3 Å². The maximum atomic E-state index is 13.8. The lowest BCUT2D eigenvalue weighted by atomic mass is 10.0. The number of hydrogen-bond acceptors (Lipinski definition) is 7. The van der Waals surface area contributed by atoms with Crippen molar-refractivity contribution in [3.05, 3.63) is 119 Å². The van der Waals surface area contributed by atoms with Gasteiger partial charge in [-0.1, -0.05) is 60.7 Å². The summed E-state index contributed by atoms with van der Waals surface area (Å²) in [7, 11) is 3.01. The van der Waals surface area contributed by atoms with Gasteiger partial charge in [0.05, 0.1) is 26.3 Å². The van der Waals surface area contributed by atoms with E-state index < -0.39 is 12.0 Å². The van der Waals surface area contributed by atoms with Gasteiger partial charge in [0.1, 0.15) is 11.9 Å². The first-order valence-corrected chi connectivity index (χ1v) is 13.9. The Hall–Kier alpha value is -5.84. The van der Waals surface area contributed by atoms with E-state index >= 15 is 0 Å². The number of rotatable bonds is 12. The lowest BCUT2D eigenvalue weighted by Gasteiger charge is -2.24. The molecule has 4 aromatic rings. The number of carboxylic acid groups (broad SMARTS) is 1. The van der Waals surface area contributed by atoms with Crippen molar-refractivity contribution < 1.29 is 29.0 Å². The molecule has 0 bridgehead atoms. The Labute approximate surface area is 261 Å². The van der Waals surface area contributed by atoms with E-state index in [9.17, 15) is 9.59 Å². The number of nitrogens with two attached hydrogens (primary N) is 1. The van der Waals surface area contributed by atoms with Gasteiger partial charge in [0.2, 0.25) is 11.8 Å². The number of carbonyl (C=O) groups excluding carboxylic acids is 2. The van der Waals surface area contributed by atoms with Crippen LogP contribution < -0.4 is 31.2 Å². The van der Waals surface area contributed by atoms with Gasteiger partial charge in [-0.3, -0.25) is 19.8 Å². The fraction of sp³-hybridized carbons (Fsp3) is 0.176. The topological polar surface area (TPSA) is 176 Å². The number of ether oxygens (including phenoxy) is 2. The third-order valence-electron chi connectivity index (χ3n) is 6.43. The minimum Gasteiger partial charge on any atom is -0.493 e. The van der Waals surface area contributed by atoms with Crippen molar-refractivity contribution in [2.45, 2.75) is 25.9 Å². The first-order valence-electron chi connectivity index (χ1n) is 13.9. The lowest BCUT2D eigenvalue weighted by Crippen LogP contribution is -2.34. The van der Waals surface area contributed by atoms with Gasteiger partial charge < -0.3 is 36.3 Å². The summed E-state index contributed by atoms with van der Waals surface area (Å²) >= 11 is 0. The summed E-state index contributed by atoms with van der Waals surface area (Å²) in [5.74, 6) is -0.662. The van der Waals surface area contributed by atoms with E-state index in [1.54, 1.807) is 36.4 Å². The fourth-order valence-corrected chi connectivity index (χ4v) is 4.30. The summed E-state index contributed by atoms with van der Waals surface area (Å²) in [5.41, 5.74) is 9.46. The average Bonchev–Trinajstić information content (AvgIpc) is 3.03. The van der Waals surface area contributed by atoms with Crippen LogP contribution in [-0.2, 0) is 27.3 Å². The minimum atomic E-state index is -0.936. The maximum absolute atomic E-state index is 13.8. The first kappa shape index (κ1) is 33.7. The smallest absolute Gasteiger partial charge is 0.300 e. The van der Waals surface area contributed by atoms with E-state index in [0.717, 1.165) is 18.1 Å². The van der Waals surface area contributed by atoms with E-state index in [2.05, 4.69) is 16.0 Å². The minimum absolute atomic E-state index is 0.0583. The SMILES string of the molecule is CC(=O)O.COc1cc(NC(=O)Cc2ccccc2)c(C(Nc2ccc(C(=N)N)cc2)C(=O)NCc2ccccc2)cc1OC. The fourth-order valence-electron chi connectivity index (χ4n) is 4.30. The number of aliphatic carboxylic acids is 1. The van der Waals surface area contributed by atoms with Crippen LogP contribution in [0.25, 0.3) is 0 Å². The number of amidine groups is 1. The molecule has 0 spiro atoms. The number of carbonyl (C=O) groups is 3. The third kappa shape index (κ3) is 10.4. The molecule has 0 radical (unpaired) electrons. The third-order valence-corrected chi connectivity index (χ3v) is 6.43. The zero-order valence-electron chi connectivity index (χ0n) is 25.3. The second kappa shape index (κ2) is 16.7. The van der Waals surface area contributed by atoms with Gasteiger partial charge in [0.15, 0.2) is 11.5 Å². The predicted octanol–water partition coefficient (Wildman–Crippen LogP) is 4.73. The Kier molecular flexibility index (Phi) is 12.5. The molecule has 0 aromatic heterocycles. The molecule has 2 amide bonds. The Morgan fingerprint density at radius 2 is 1.38 bits per heavy atom. The zero-order chi connectivity index (χ0) is 32.8. The molecule has 234 valence electrons. The molecular weight excluding hydrogens is 574 g/mol. The van der Waals surface area contributed by atoms with Crippen molar-refractivity contribution in [2.24, 2.45) is 5.73 Å². The van der Waals surface area contributed by atoms with E-state index in [4.69, 9.17) is 30.5 Å². The molecule has 1 atom stereocenters. The summed E-state index contributed by atoms with van der Waals surface area (Å²) in [6.45, 7) is 1.39. The van der Waals surface area contributed by atoms with Crippen LogP contribution in [0.4, 0.5) is 11.4 Å². The van der Waals surface area contributed by atoms with Gasteiger partial charge in [-0.05, 0) is 41.5 Å². The Morgan fingerprint density at radius 3 is 1.91 bits per heavy atom. The molecule has 1 unspecified atom stereocenters. The molecule has 0 saturated heterocycles. The number of methoxy groups -OCH3 is 2. The van der Waals surface area contributed by atoms with Gasteiger partial charge >= 0.3 is 0 Å². The van der Waals surface area contributed by atoms with Crippen LogP contribution in [0.15, 0.2) is 97.1 Å². The van der Waals surface area contributed by atoms with E-state index in [-0.39, 0.29) is 24.1 Å². The summed E-state index contributed by atoms with van der Waals surface area (Å²) in [6.07, 6.45) is 0.152. The summed E-state index contributed by atoms with van der Waals surface area (Å²) in [6, 6.07) is 28.2. The van der Waals surface area contributed by atoms with Gasteiger partial charge in [-0.15, -0.1) is 0 Å². The van der Waals surface area contributed by atoms with Crippen molar-refractivity contribution in [3.8, 4) is 11.5 Å². The van der Waals surface area contributed by atoms with Crippen LogP contribution in [0, 0.1) is 5.41 Å². The van der Waals surface area contributed by atoms with Crippen molar-refractivity contribution >= 4 is 35.0 Å². The highest BCUT2D eigenvalue weighted by Gasteiger charge is 2.27. The van der Waals surface area contributed by atoms with Crippen LogP contribution in [-0.4, -0.2) is 42.9 Å². The zero-order valence-corrected chi connectivity index (χ0v) is 25.3. The summed E-state index contributed by atoms with van der Waals surface area (Å²) in [4.78, 5) is 35.9. The molecule has 45 heavy (non-hydrogen) atoms. The number of hydrogen-bond donors (Lipinski definition) is 6. The Balaban J connectivity index is 0.00000130. The number of nitrogen functional groups attached to an aromatic ring is 1. The van der Waals surface area contributed by atoms with Crippen LogP contribution in [0.2, 0.25) is 0 Å². The van der Waals surface area contributed by atoms with E-state index in [0.29, 0.717) is 40.5 Å². The van der Waals surface area contributed by atoms with E-state index in [1.165, 1.54) is 14.2 Å². The van der Waals surface area contributed by atoms with Crippen molar-refractivity contribution in [1.29, 1.82) is 5.41 Å². The van der Waals surface area contributed by atoms with Crippen LogP contribution in [0.3, 0.4) is 0 Å². The molecule has 4 aromatic carbocycles. The Morgan fingerprint density at radius 1 is 0.844 bits per heavy atom. The first-order chi connectivity index (χ1) is 21.6. The van der Waals surface area contributed by atoms with Crippen molar-refractivity contribution in [3.63, 3.8) is 0 Å². The molecular formula is C34H37N5O6. The summed E-state index contributed by atoms with van der Waals surface area (Å²) < 4.78 is 11.1. The second-order valence-electron chi connectivity index (χ2n) is 9.80. The van der Waals surface area contributed by atoms with Gasteiger partial charge in [-0.25, -0.2) is 0 Å². The van der Waals surface area contributed by atoms with Crippen LogP contribution in [0.1, 0.15) is 35.2 Å². The molecule has 0 aliphatic heterocycles.